The van der Waals surface area contributed by atoms with E-state index in [9.17, 15) is 4.57 Å². The fourth-order valence-corrected chi connectivity index (χ4v) is 1.40. The van der Waals surface area contributed by atoms with E-state index >= 15 is 0 Å². The van der Waals surface area contributed by atoms with Gasteiger partial charge in [0.2, 0.25) is 0 Å². The van der Waals surface area contributed by atoms with Gasteiger partial charge in [0.25, 0.3) is 0 Å². The molecule has 1 heterocycles. The van der Waals surface area contributed by atoms with Crippen molar-refractivity contribution < 1.29 is 13.8 Å². The Labute approximate surface area is 80.1 Å². The van der Waals surface area contributed by atoms with Crippen LogP contribution in [0, 0.1) is 0 Å². The molecule has 1 unspecified atom stereocenters. The Balaban J connectivity index is 2.38. The normalized spacial score (nSPS) is 11.6. The van der Waals surface area contributed by atoms with Crippen LogP contribution in [0.15, 0.2) is 30.6 Å². The predicted molar refractivity (Wildman–Crippen MR) is 49.2 cm³/mol. The predicted octanol–water partition coefficient (Wildman–Crippen LogP) is 1.01. The maximum Gasteiger partial charge on any atom is 0.790 e. The number of nitrogens with two attached hydrogens (primary N) is 1. The van der Waals surface area contributed by atoms with Gasteiger partial charge in [-0.25, -0.2) is 4.98 Å². The van der Waals surface area contributed by atoms with Gasteiger partial charge >= 0.3 is 8.25 Å². The number of hydrogen-bond donors (Lipinski definition) is 1. The zero-order chi connectivity index (χ0) is 9.97. The third-order valence-corrected chi connectivity index (χ3v) is 2.14. The van der Waals surface area contributed by atoms with Gasteiger partial charge in [-0.15, -0.1) is 9.35 Å². The van der Waals surface area contributed by atoms with Crippen molar-refractivity contribution in [1.82, 2.24) is 9.71 Å². The Morgan fingerprint density at radius 1 is 1.43 bits per heavy atom. The van der Waals surface area contributed by atoms with Gasteiger partial charge in [-0.1, -0.05) is 12.1 Å². The minimum absolute atomic E-state index is 0.702. The molecule has 0 spiro atoms. The monoisotopic (exact) mass is 212 g/mol. The van der Waals surface area contributed by atoms with Crippen LogP contribution in [0.1, 0.15) is 0 Å². The Morgan fingerprint density at radius 2 is 2.21 bits per heavy atom. The van der Waals surface area contributed by atoms with Crippen LogP contribution in [-0.4, -0.2) is 9.71 Å². The van der Waals surface area contributed by atoms with E-state index in [1.807, 2.05) is 18.2 Å². The first-order valence-electron chi connectivity index (χ1n) is 3.76. The lowest BCUT2D eigenvalue weighted by atomic mass is 10.3. The van der Waals surface area contributed by atoms with Gasteiger partial charge in [-0.2, -0.15) is 5.90 Å². The smallest absolute Gasteiger partial charge is 0.233 e. The van der Waals surface area contributed by atoms with Crippen LogP contribution in [0.2, 0.25) is 0 Å². The van der Waals surface area contributed by atoms with E-state index in [1.54, 1.807) is 6.07 Å². The molecule has 2 N–H and O–H groups in total. The lowest BCUT2D eigenvalue weighted by Crippen LogP contribution is -2.04. The van der Waals surface area contributed by atoms with Crippen LogP contribution in [0.3, 0.4) is 0 Å². The maximum atomic E-state index is 10.9. The number of hydrogen-bond acceptors (Lipinski definition) is 5. The SMILES string of the molecule is NO[P+](=O)On1cnc2ccccc21. The summed E-state index contributed by atoms with van der Waals surface area (Å²) < 4.78 is 20.9. The molecule has 72 valence electrons. The molecule has 0 radical (unpaired) electrons. The molecular formula is C7H7N3O3P+. The fraction of sp³-hybridized carbons (Fsp3) is 0. The standard InChI is InChI=1S/C7H7N3O3P/c8-12-14(11)13-10-5-9-6-3-1-2-4-7(6)10/h1-5H,8H2/q+1. The first-order valence-corrected chi connectivity index (χ1v) is 4.85. The second-order valence-corrected chi connectivity index (χ2v) is 3.29. The molecule has 0 aliphatic heterocycles. The third kappa shape index (κ3) is 1.58. The van der Waals surface area contributed by atoms with Gasteiger partial charge in [-0.05, 0) is 16.8 Å². The van der Waals surface area contributed by atoms with Gasteiger partial charge in [0, 0.05) is 4.57 Å². The zero-order valence-electron chi connectivity index (χ0n) is 7.03. The molecule has 2 rings (SSSR count). The average Bonchev–Trinajstić information content (AvgIpc) is 2.62. The quantitative estimate of drug-likeness (QED) is 0.606. The second-order valence-electron chi connectivity index (χ2n) is 2.47. The molecule has 0 aliphatic rings. The van der Waals surface area contributed by atoms with Crippen molar-refractivity contribution in [3.63, 3.8) is 0 Å². The van der Waals surface area contributed by atoms with Crippen molar-refractivity contribution in [1.29, 1.82) is 0 Å². The summed E-state index contributed by atoms with van der Waals surface area (Å²) in [4.78, 5) is 4.02. The highest BCUT2D eigenvalue weighted by Crippen LogP contribution is 2.19. The molecule has 1 aromatic carbocycles. The lowest BCUT2D eigenvalue weighted by Gasteiger charge is -1.91. The number of aromatic nitrogens is 2. The molecular weight excluding hydrogens is 205 g/mol. The molecule has 0 bridgehead atoms. The summed E-state index contributed by atoms with van der Waals surface area (Å²) in [5.41, 5.74) is 1.45. The van der Waals surface area contributed by atoms with E-state index in [0.717, 1.165) is 5.52 Å². The van der Waals surface area contributed by atoms with Gasteiger partial charge < -0.3 is 0 Å². The third-order valence-electron chi connectivity index (χ3n) is 1.66. The largest absolute Gasteiger partial charge is 0.790 e. The minimum atomic E-state index is -2.35. The summed E-state index contributed by atoms with van der Waals surface area (Å²) in [5.74, 6) is 4.69. The molecule has 7 heteroatoms. The first-order chi connectivity index (χ1) is 6.81. The lowest BCUT2D eigenvalue weighted by molar-refractivity contribution is 0.217. The van der Waals surface area contributed by atoms with Crippen LogP contribution in [0.5, 0.6) is 0 Å². The zero-order valence-corrected chi connectivity index (χ0v) is 7.92. The summed E-state index contributed by atoms with van der Waals surface area (Å²) >= 11 is 0. The highest BCUT2D eigenvalue weighted by atomic mass is 31.1. The number of fused-ring (bicyclic) bond motifs is 1. The minimum Gasteiger partial charge on any atom is -0.233 e. The molecule has 0 saturated heterocycles. The molecule has 0 amide bonds. The van der Waals surface area contributed by atoms with Crippen molar-refractivity contribution in [3.05, 3.63) is 30.6 Å². The number of rotatable bonds is 3. The van der Waals surface area contributed by atoms with Crippen molar-refractivity contribution in [3.8, 4) is 0 Å². The highest BCUT2D eigenvalue weighted by Gasteiger charge is 2.22. The van der Waals surface area contributed by atoms with E-state index in [4.69, 9.17) is 10.5 Å². The number of imidazole rings is 1. The Kier molecular flexibility index (Phi) is 2.41. The number of nitrogens with zero attached hydrogens (tertiary/aromatic N) is 2. The van der Waals surface area contributed by atoms with Crippen LogP contribution in [-0.2, 0) is 9.19 Å². The molecule has 6 nitrogen and oxygen atoms in total. The summed E-state index contributed by atoms with van der Waals surface area (Å²) in [6.45, 7) is 0. The summed E-state index contributed by atoms with van der Waals surface area (Å²) in [5, 5.41) is 0. The fourth-order valence-electron chi connectivity index (χ4n) is 1.09. The Morgan fingerprint density at radius 3 is 3.00 bits per heavy atom. The van der Waals surface area contributed by atoms with E-state index in [2.05, 4.69) is 9.61 Å². The number of para-hydroxylation sites is 2. The summed E-state index contributed by atoms with van der Waals surface area (Å²) in [6, 6.07) is 7.26. The maximum absolute atomic E-state index is 10.9. The molecule has 2 aromatic rings. The van der Waals surface area contributed by atoms with Gasteiger partial charge in [-0.3, -0.25) is 0 Å². The molecule has 0 saturated carbocycles. The van der Waals surface area contributed by atoms with Crippen LogP contribution in [0.4, 0.5) is 0 Å². The molecule has 1 aromatic heterocycles. The van der Waals surface area contributed by atoms with Crippen LogP contribution < -0.4 is 10.5 Å². The van der Waals surface area contributed by atoms with Crippen LogP contribution in [0.25, 0.3) is 11.0 Å². The van der Waals surface area contributed by atoms with E-state index in [0.29, 0.717) is 5.52 Å². The van der Waals surface area contributed by atoms with Crippen molar-refractivity contribution in [2.45, 2.75) is 0 Å². The van der Waals surface area contributed by atoms with E-state index in [1.165, 1.54) is 11.1 Å². The van der Waals surface area contributed by atoms with Crippen LogP contribution >= 0.6 is 8.25 Å². The molecule has 14 heavy (non-hydrogen) atoms. The Hall–Kier alpha value is -1.49. The first kappa shape index (κ1) is 9.08. The van der Waals surface area contributed by atoms with Gasteiger partial charge in [0.05, 0.1) is 5.52 Å². The average molecular weight is 212 g/mol. The molecule has 0 fully saturated rings. The molecule has 0 aliphatic carbocycles. The van der Waals surface area contributed by atoms with Gasteiger partial charge in [0.1, 0.15) is 11.8 Å². The van der Waals surface area contributed by atoms with Gasteiger partial charge in [0.15, 0.2) is 0 Å². The molecule has 1 atom stereocenters. The summed E-state index contributed by atoms with van der Waals surface area (Å²) in [6.07, 6.45) is 1.40. The summed E-state index contributed by atoms with van der Waals surface area (Å²) in [7, 11) is -2.35. The highest BCUT2D eigenvalue weighted by molar-refractivity contribution is 7.33. The number of benzene rings is 1. The second kappa shape index (κ2) is 3.71. The van der Waals surface area contributed by atoms with E-state index < -0.39 is 8.25 Å². The van der Waals surface area contributed by atoms with E-state index in [-0.39, 0.29) is 0 Å². The van der Waals surface area contributed by atoms with Crippen molar-refractivity contribution in [2.24, 2.45) is 5.90 Å². The topological polar surface area (TPSA) is 79.4 Å². The van der Waals surface area contributed by atoms with Crippen molar-refractivity contribution >= 4 is 19.3 Å². The van der Waals surface area contributed by atoms with Crippen molar-refractivity contribution in [2.75, 3.05) is 0 Å². The Bertz CT molecular complexity index is 470.